The van der Waals surface area contributed by atoms with Gasteiger partial charge in [0.15, 0.2) is 0 Å². The van der Waals surface area contributed by atoms with E-state index in [4.69, 9.17) is 0 Å². The Morgan fingerprint density at radius 1 is 1.17 bits per heavy atom. The van der Waals surface area contributed by atoms with Gasteiger partial charge in [-0.05, 0) is 18.3 Å². The Morgan fingerprint density at radius 2 is 1.75 bits per heavy atom. The lowest BCUT2D eigenvalue weighted by Gasteiger charge is -2.27. The molecule has 0 atom stereocenters. The van der Waals surface area contributed by atoms with Crippen molar-refractivity contribution in [2.75, 3.05) is 6.54 Å². The highest BCUT2D eigenvalue weighted by atomic mass is 14.9. The highest BCUT2D eigenvalue weighted by molar-refractivity contribution is 4.75. The molecule has 0 aliphatic heterocycles. The Balaban J connectivity index is 0.00000144. The van der Waals surface area contributed by atoms with Crippen molar-refractivity contribution in [3.05, 3.63) is 0 Å². The van der Waals surface area contributed by atoms with E-state index in [9.17, 15) is 0 Å². The molecule has 0 bridgehead atoms. The lowest BCUT2D eigenvalue weighted by molar-refractivity contribution is 0.307. The molecule has 74 valence electrons. The minimum Gasteiger partial charge on any atom is -0.313 e. The molecule has 1 saturated carbocycles. The summed E-state index contributed by atoms with van der Waals surface area (Å²) in [7, 11) is 0. The molecule has 0 radical (unpaired) electrons. The van der Waals surface area contributed by atoms with Crippen molar-refractivity contribution in [2.45, 2.75) is 58.9 Å². The van der Waals surface area contributed by atoms with Gasteiger partial charge in [0.05, 0.1) is 0 Å². The molecular weight excluding hydrogens is 146 g/mol. The zero-order chi connectivity index (χ0) is 9.03. The van der Waals surface area contributed by atoms with Gasteiger partial charge in [0.1, 0.15) is 0 Å². The standard InChI is InChI=1S/C11H23N.H2/c1-11(2,3)9-12-10-7-5-4-6-8-10;/h10,12H,4-9H2,1-3H3;1H. The van der Waals surface area contributed by atoms with Crippen LogP contribution in [0.2, 0.25) is 0 Å². The van der Waals surface area contributed by atoms with Crippen molar-refractivity contribution in [3.8, 4) is 0 Å². The number of hydrogen-bond donors (Lipinski definition) is 1. The highest BCUT2D eigenvalue weighted by Crippen LogP contribution is 2.19. The van der Waals surface area contributed by atoms with Gasteiger partial charge in [-0.1, -0.05) is 40.0 Å². The second-order valence-electron chi connectivity index (χ2n) is 5.28. The molecular formula is C11H25N. The molecule has 0 saturated heterocycles. The van der Waals surface area contributed by atoms with E-state index in [1.165, 1.54) is 32.1 Å². The van der Waals surface area contributed by atoms with Crippen LogP contribution in [0, 0.1) is 5.41 Å². The van der Waals surface area contributed by atoms with Crippen LogP contribution in [-0.4, -0.2) is 12.6 Å². The third kappa shape index (κ3) is 4.10. The summed E-state index contributed by atoms with van der Waals surface area (Å²) in [5.41, 5.74) is 0.442. The second-order valence-corrected chi connectivity index (χ2v) is 5.28. The number of hydrogen-bond acceptors (Lipinski definition) is 1. The predicted molar refractivity (Wildman–Crippen MR) is 56.4 cm³/mol. The molecule has 12 heavy (non-hydrogen) atoms. The van der Waals surface area contributed by atoms with Crippen molar-refractivity contribution >= 4 is 0 Å². The van der Waals surface area contributed by atoms with E-state index in [0.717, 1.165) is 12.6 Å². The van der Waals surface area contributed by atoms with E-state index in [-0.39, 0.29) is 1.43 Å². The van der Waals surface area contributed by atoms with Crippen LogP contribution in [0.1, 0.15) is 54.3 Å². The normalized spacial score (nSPS) is 21.2. The molecule has 1 N–H and O–H groups in total. The molecule has 0 spiro atoms. The molecule has 1 aliphatic carbocycles. The average molecular weight is 171 g/mol. The third-order valence-electron chi connectivity index (χ3n) is 2.53. The molecule has 1 aliphatic rings. The largest absolute Gasteiger partial charge is 0.313 e. The van der Waals surface area contributed by atoms with E-state index < -0.39 is 0 Å². The first-order valence-electron chi connectivity index (χ1n) is 5.31. The molecule has 1 heteroatoms. The first-order valence-corrected chi connectivity index (χ1v) is 5.31. The Bertz CT molecular complexity index is 123. The van der Waals surface area contributed by atoms with Crippen LogP contribution in [0.25, 0.3) is 0 Å². The van der Waals surface area contributed by atoms with E-state index in [1.807, 2.05) is 0 Å². The quantitative estimate of drug-likeness (QED) is 0.673. The van der Waals surface area contributed by atoms with Crippen molar-refractivity contribution in [1.82, 2.24) is 5.32 Å². The van der Waals surface area contributed by atoms with Gasteiger partial charge in [-0.3, -0.25) is 0 Å². The topological polar surface area (TPSA) is 12.0 Å². The van der Waals surface area contributed by atoms with Gasteiger partial charge >= 0.3 is 0 Å². The summed E-state index contributed by atoms with van der Waals surface area (Å²) < 4.78 is 0. The Hall–Kier alpha value is -0.0400. The average Bonchev–Trinajstić information content (AvgIpc) is 2.02. The summed E-state index contributed by atoms with van der Waals surface area (Å²) in [4.78, 5) is 0. The van der Waals surface area contributed by atoms with Crippen LogP contribution in [0.5, 0.6) is 0 Å². The summed E-state index contributed by atoms with van der Waals surface area (Å²) in [5, 5.41) is 3.66. The SMILES string of the molecule is CC(C)(C)CNC1CCCCC1.[HH]. The maximum atomic E-state index is 3.66. The number of nitrogens with one attached hydrogen (secondary N) is 1. The van der Waals surface area contributed by atoms with Crippen molar-refractivity contribution in [2.24, 2.45) is 5.41 Å². The van der Waals surface area contributed by atoms with E-state index in [1.54, 1.807) is 0 Å². The molecule has 0 aromatic heterocycles. The Labute approximate surface area is 78.4 Å². The Morgan fingerprint density at radius 3 is 2.25 bits per heavy atom. The molecule has 1 nitrogen and oxygen atoms in total. The molecule has 1 fully saturated rings. The fourth-order valence-electron chi connectivity index (χ4n) is 1.76. The minimum atomic E-state index is 0. The molecule has 0 unspecified atom stereocenters. The smallest absolute Gasteiger partial charge is 0.00672 e. The van der Waals surface area contributed by atoms with Gasteiger partial charge in [0, 0.05) is 14.0 Å². The van der Waals surface area contributed by atoms with E-state index in [0.29, 0.717) is 5.41 Å². The summed E-state index contributed by atoms with van der Waals surface area (Å²) in [6.07, 6.45) is 7.11. The van der Waals surface area contributed by atoms with Gasteiger partial charge in [0.25, 0.3) is 0 Å². The van der Waals surface area contributed by atoms with Crippen molar-refractivity contribution in [3.63, 3.8) is 0 Å². The van der Waals surface area contributed by atoms with Gasteiger partial charge < -0.3 is 5.32 Å². The predicted octanol–water partition coefficient (Wildman–Crippen LogP) is 3.20. The van der Waals surface area contributed by atoms with E-state index in [2.05, 4.69) is 26.1 Å². The second kappa shape index (κ2) is 4.27. The molecule has 0 aromatic carbocycles. The minimum absolute atomic E-state index is 0. The first kappa shape index (κ1) is 10.0. The van der Waals surface area contributed by atoms with Crippen LogP contribution >= 0.6 is 0 Å². The van der Waals surface area contributed by atoms with Crippen molar-refractivity contribution in [1.29, 1.82) is 0 Å². The van der Waals surface area contributed by atoms with Crippen molar-refractivity contribution < 1.29 is 1.43 Å². The summed E-state index contributed by atoms with van der Waals surface area (Å²) in [5.74, 6) is 0. The summed E-state index contributed by atoms with van der Waals surface area (Å²) in [6, 6.07) is 0.818. The Kier molecular flexibility index (Phi) is 3.57. The lowest BCUT2D eigenvalue weighted by Crippen LogP contribution is -2.36. The maximum Gasteiger partial charge on any atom is 0.00672 e. The zero-order valence-electron chi connectivity index (χ0n) is 8.82. The lowest BCUT2D eigenvalue weighted by atomic mass is 9.92. The highest BCUT2D eigenvalue weighted by Gasteiger charge is 2.16. The fourth-order valence-corrected chi connectivity index (χ4v) is 1.76. The van der Waals surface area contributed by atoms with Gasteiger partial charge in [-0.15, -0.1) is 0 Å². The van der Waals surface area contributed by atoms with Gasteiger partial charge in [0.2, 0.25) is 0 Å². The van der Waals surface area contributed by atoms with Crippen LogP contribution in [0.4, 0.5) is 0 Å². The van der Waals surface area contributed by atoms with E-state index >= 15 is 0 Å². The zero-order valence-corrected chi connectivity index (χ0v) is 8.82. The third-order valence-corrected chi connectivity index (χ3v) is 2.53. The number of rotatable bonds is 2. The maximum absolute atomic E-state index is 3.66. The van der Waals surface area contributed by atoms with Crippen LogP contribution in [0.3, 0.4) is 0 Å². The molecule has 0 heterocycles. The summed E-state index contributed by atoms with van der Waals surface area (Å²) in [6.45, 7) is 8.05. The first-order chi connectivity index (χ1) is 5.58. The molecule has 0 aromatic rings. The summed E-state index contributed by atoms with van der Waals surface area (Å²) >= 11 is 0. The van der Waals surface area contributed by atoms with Gasteiger partial charge in [-0.25, -0.2) is 0 Å². The van der Waals surface area contributed by atoms with Crippen LogP contribution in [0.15, 0.2) is 0 Å². The fraction of sp³-hybridized carbons (Fsp3) is 1.00. The molecule has 0 amide bonds. The van der Waals surface area contributed by atoms with Crippen LogP contribution in [-0.2, 0) is 0 Å². The monoisotopic (exact) mass is 171 g/mol. The molecule has 1 rings (SSSR count). The van der Waals surface area contributed by atoms with Crippen LogP contribution < -0.4 is 5.32 Å². The van der Waals surface area contributed by atoms with Gasteiger partial charge in [-0.2, -0.15) is 0 Å².